The van der Waals surface area contributed by atoms with Crippen molar-refractivity contribution in [3.05, 3.63) is 23.5 Å². The van der Waals surface area contributed by atoms with Crippen LogP contribution in [0.2, 0.25) is 0 Å². The molecule has 4 nitrogen and oxygen atoms in total. The van der Waals surface area contributed by atoms with Gasteiger partial charge in [-0.05, 0) is 32.4 Å². The van der Waals surface area contributed by atoms with E-state index in [9.17, 15) is 4.79 Å². The number of nitrogens with zero attached hydrogens (tertiary/aromatic N) is 1. The number of aryl methyl sites for hydroxylation is 1. The first-order valence-corrected chi connectivity index (χ1v) is 5.11. The Labute approximate surface area is 89.9 Å². The molecule has 0 spiro atoms. The van der Waals surface area contributed by atoms with Crippen molar-refractivity contribution >= 4 is 5.91 Å². The van der Waals surface area contributed by atoms with Crippen LogP contribution in [0.3, 0.4) is 0 Å². The van der Waals surface area contributed by atoms with Gasteiger partial charge in [0.05, 0.1) is 6.10 Å². The van der Waals surface area contributed by atoms with Crippen molar-refractivity contribution in [1.82, 2.24) is 9.88 Å². The Morgan fingerprint density at radius 3 is 2.73 bits per heavy atom. The summed E-state index contributed by atoms with van der Waals surface area (Å²) in [5, 5.41) is 11.8. The first-order valence-electron chi connectivity index (χ1n) is 5.11. The Hall–Kier alpha value is -1.29. The van der Waals surface area contributed by atoms with Gasteiger partial charge in [-0.25, -0.2) is 0 Å². The number of carbonyl (C=O) groups is 1. The molecule has 0 bridgehead atoms. The lowest BCUT2D eigenvalue weighted by molar-refractivity contribution is 0.0937. The largest absolute Gasteiger partial charge is 0.393 e. The molecule has 1 heterocycles. The minimum absolute atomic E-state index is 0.0914. The standard InChI is InChI=1S/C11H18N2O2/c1-8-4-5-10(13(8)3)11(15)12-7-6-9(2)14/h4-5,9,14H,6-7H2,1-3H3,(H,12,15). The highest BCUT2D eigenvalue weighted by Crippen LogP contribution is 2.05. The molecule has 0 aliphatic rings. The molecular formula is C11H18N2O2. The average Bonchev–Trinajstić information content (AvgIpc) is 2.47. The first-order chi connectivity index (χ1) is 7.02. The van der Waals surface area contributed by atoms with Gasteiger partial charge in [-0.3, -0.25) is 4.79 Å². The summed E-state index contributed by atoms with van der Waals surface area (Å²) >= 11 is 0. The number of nitrogens with one attached hydrogen (secondary N) is 1. The van der Waals surface area contributed by atoms with Gasteiger partial charge >= 0.3 is 0 Å². The van der Waals surface area contributed by atoms with Crippen LogP contribution in [0.25, 0.3) is 0 Å². The van der Waals surface area contributed by atoms with Crippen LogP contribution in [-0.4, -0.2) is 28.2 Å². The van der Waals surface area contributed by atoms with Gasteiger partial charge < -0.3 is 15.0 Å². The molecule has 4 heteroatoms. The number of rotatable bonds is 4. The number of carbonyl (C=O) groups excluding carboxylic acids is 1. The molecular weight excluding hydrogens is 192 g/mol. The second-order valence-corrected chi connectivity index (χ2v) is 3.81. The molecule has 1 amide bonds. The third-order valence-electron chi connectivity index (χ3n) is 2.45. The highest BCUT2D eigenvalue weighted by molar-refractivity contribution is 5.92. The smallest absolute Gasteiger partial charge is 0.267 e. The third kappa shape index (κ3) is 3.09. The Bertz CT molecular complexity index is 342. The molecule has 0 saturated carbocycles. The Kier molecular flexibility index (Phi) is 3.91. The Balaban J connectivity index is 2.51. The zero-order valence-corrected chi connectivity index (χ0v) is 9.45. The summed E-state index contributed by atoms with van der Waals surface area (Å²) in [4.78, 5) is 11.6. The molecule has 2 N–H and O–H groups in total. The molecule has 0 aliphatic carbocycles. The predicted molar refractivity (Wildman–Crippen MR) is 58.8 cm³/mol. The third-order valence-corrected chi connectivity index (χ3v) is 2.45. The first kappa shape index (κ1) is 11.8. The van der Waals surface area contributed by atoms with E-state index in [1.54, 1.807) is 13.0 Å². The monoisotopic (exact) mass is 210 g/mol. The second-order valence-electron chi connectivity index (χ2n) is 3.81. The quantitative estimate of drug-likeness (QED) is 0.773. The van der Waals surface area contributed by atoms with E-state index in [4.69, 9.17) is 5.11 Å². The molecule has 1 aromatic rings. The molecule has 0 fully saturated rings. The molecule has 0 saturated heterocycles. The molecule has 0 aliphatic heterocycles. The number of hydrogen-bond acceptors (Lipinski definition) is 2. The summed E-state index contributed by atoms with van der Waals surface area (Å²) in [5.74, 6) is -0.0914. The summed E-state index contributed by atoms with van der Waals surface area (Å²) in [6, 6.07) is 3.70. The molecule has 0 aromatic carbocycles. The zero-order valence-electron chi connectivity index (χ0n) is 9.45. The molecule has 84 valence electrons. The van der Waals surface area contributed by atoms with E-state index in [1.165, 1.54) is 0 Å². The summed E-state index contributed by atoms with van der Waals surface area (Å²) in [6.45, 7) is 4.16. The Morgan fingerprint density at radius 2 is 2.27 bits per heavy atom. The van der Waals surface area contributed by atoms with Crippen LogP contribution in [0.5, 0.6) is 0 Å². The van der Waals surface area contributed by atoms with Crippen molar-refractivity contribution in [1.29, 1.82) is 0 Å². The highest BCUT2D eigenvalue weighted by atomic mass is 16.3. The predicted octanol–water partition coefficient (Wildman–Crippen LogP) is 0.834. The van der Waals surface area contributed by atoms with Gasteiger partial charge in [0.25, 0.3) is 5.91 Å². The molecule has 15 heavy (non-hydrogen) atoms. The number of hydrogen-bond donors (Lipinski definition) is 2. The zero-order chi connectivity index (χ0) is 11.4. The van der Waals surface area contributed by atoms with Gasteiger partial charge in [-0.1, -0.05) is 0 Å². The summed E-state index contributed by atoms with van der Waals surface area (Å²) in [7, 11) is 1.86. The summed E-state index contributed by atoms with van der Waals surface area (Å²) < 4.78 is 1.84. The van der Waals surface area contributed by atoms with Crippen molar-refractivity contribution in [3.8, 4) is 0 Å². The minimum Gasteiger partial charge on any atom is -0.393 e. The van der Waals surface area contributed by atoms with Crippen LogP contribution in [0.4, 0.5) is 0 Å². The number of amides is 1. The maximum atomic E-state index is 11.6. The second kappa shape index (κ2) is 4.98. The van der Waals surface area contributed by atoms with E-state index in [2.05, 4.69) is 5.32 Å². The van der Waals surface area contributed by atoms with E-state index in [-0.39, 0.29) is 12.0 Å². The van der Waals surface area contributed by atoms with Crippen LogP contribution in [-0.2, 0) is 7.05 Å². The van der Waals surface area contributed by atoms with Crippen molar-refractivity contribution < 1.29 is 9.90 Å². The highest BCUT2D eigenvalue weighted by Gasteiger charge is 2.09. The SMILES string of the molecule is Cc1ccc(C(=O)NCCC(C)O)n1C. The number of aliphatic hydroxyl groups is 1. The van der Waals surface area contributed by atoms with E-state index in [0.29, 0.717) is 18.7 Å². The van der Waals surface area contributed by atoms with Crippen LogP contribution in [0.1, 0.15) is 29.5 Å². The fourth-order valence-corrected chi connectivity index (χ4v) is 1.33. The van der Waals surface area contributed by atoms with E-state index < -0.39 is 0 Å². The normalized spacial score (nSPS) is 12.5. The van der Waals surface area contributed by atoms with Gasteiger partial charge in [0.1, 0.15) is 5.69 Å². The number of aromatic nitrogens is 1. The van der Waals surface area contributed by atoms with Crippen LogP contribution < -0.4 is 5.32 Å². The fourth-order valence-electron chi connectivity index (χ4n) is 1.33. The van der Waals surface area contributed by atoms with Gasteiger partial charge in [0.15, 0.2) is 0 Å². The summed E-state index contributed by atoms with van der Waals surface area (Å²) in [5.41, 5.74) is 1.70. The Morgan fingerprint density at radius 1 is 1.60 bits per heavy atom. The van der Waals surface area contributed by atoms with Crippen molar-refractivity contribution in [2.45, 2.75) is 26.4 Å². The number of aliphatic hydroxyl groups excluding tert-OH is 1. The van der Waals surface area contributed by atoms with Crippen LogP contribution in [0, 0.1) is 6.92 Å². The van der Waals surface area contributed by atoms with E-state index in [0.717, 1.165) is 5.69 Å². The lowest BCUT2D eigenvalue weighted by Gasteiger charge is -2.08. The van der Waals surface area contributed by atoms with Crippen molar-refractivity contribution in [2.24, 2.45) is 7.05 Å². The van der Waals surface area contributed by atoms with Gasteiger partial charge in [0.2, 0.25) is 0 Å². The van der Waals surface area contributed by atoms with Crippen LogP contribution >= 0.6 is 0 Å². The van der Waals surface area contributed by atoms with Gasteiger partial charge in [0, 0.05) is 19.3 Å². The average molecular weight is 210 g/mol. The topological polar surface area (TPSA) is 54.3 Å². The van der Waals surface area contributed by atoms with Gasteiger partial charge in [-0.15, -0.1) is 0 Å². The van der Waals surface area contributed by atoms with Crippen LogP contribution in [0.15, 0.2) is 12.1 Å². The summed E-state index contributed by atoms with van der Waals surface area (Å²) in [6.07, 6.45) is 0.204. The molecule has 1 unspecified atom stereocenters. The maximum absolute atomic E-state index is 11.6. The molecule has 1 aromatic heterocycles. The maximum Gasteiger partial charge on any atom is 0.267 e. The van der Waals surface area contributed by atoms with E-state index >= 15 is 0 Å². The molecule has 1 atom stereocenters. The van der Waals surface area contributed by atoms with Crippen molar-refractivity contribution in [3.63, 3.8) is 0 Å². The van der Waals surface area contributed by atoms with Gasteiger partial charge in [-0.2, -0.15) is 0 Å². The lowest BCUT2D eigenvalue weighted by atomic mass is 10.3. The fraction of sp³-hybridized carbons (Fsp3) is 0.545. The lowest BCUT2D eigenvalue weighted by Crippen LogP contribution is -2.28. The minimum atomic E-state index is -0.375. The molecule has 1 rings (SSSR count). The van der Waals surface area contributed by atoms with Crippen molar-refractivity contribution in [2.75, 3.05) is 6.54 Å². The van der Waals surface area contributed by atoms with E-state index in [1.807, 2.05) is 24.6 Å². The molecule has 0 radical (unpaired) electrons.